The molecular formula is HKN2O7Sr. The maximum absolute atomic E-state index is 8.25. The minimum Gasteiger partial charge on any atom is -0.870 e. The van der Waals surface area contributed by atoms with Gasteiger partial charge in [0, 0.05) is 0 Å². The summed E-state index contributed by atoms with van der Waals surface area (Å²) < 4.78 is 0. The number of nitrogens with zero attached hydrogens (tertiary/aromatic N) is 2. The Kier molecular flexibility index (Phi) is 60.2. The molecule has 0 bridgehead atoms. The fourth-order valence-electron chi connectivity index (χ4n) is 0. The van der Waals surface area contributed by atoms with Gasteiger partial charge in [0.15, 0.2) is 0 Å². The molecule has 0 aliphatic heterocycles. The molecule has 0 aromatic rings. The third-order valence-corrected chi connectivity index (χ3v) is 0. The molecule has 0 saturated carbocycles. The minimum atomic E-state index is -1.75. The molecule has 0 aromatic carbocycles. The van der Waals surface area contributed by atoms with Crippen molar-refractivity contribution in [1.82, 2.24) is 0 Å². The molecule has 9 nitrogen and oxygen atoms in total. The van der Waals surface area contributed by atoms with E-state index in [-0.39, 0.29) is 102 Å². The maximum atomic E-state index is 8.25. The topological polar surface area (TPSA) is 162 Å². The Bertz CT molecular complexity index is 74.4. The summed E-state index contributed by atoms with van der Waals surface area (Å²) in [5.41, 5.74) is 0. The molecule has 11 heteroatoms. The molecule has 56 valence electrons. The van der Waals surface area contributed by atoms with E-state index in [1.807, 2.05) is 0 Å². The molecule has 0 spiro atoms. The van der Waals surface area contributed by atoms with Crippen LogP contribution in [0.25, 0.3) is 0 Å². The van der Waals surface area contributed by atoms with Crippen molar-refractivity contribution in [2.45, 2.75) is 0 Å². The van der Waals surface area contributed by atoms with E-state index in [2.05, 4.69) is 0 Å². The van der Waals surface area contributed by atoms with Gasteiger partial charge in [0.1, 0.15) is 0 Å². The first-order valence-corrected chi connectivity index (χ1v) is 1.10. The molecule has 0 atom stereocenters. The third kappa shape index (κ3) is 473. The Labute approximate surface area is 140 Å². The van der Waals surface area contributed by atoms with Crippen LogP contribution in [-0.4, -0.2) is 61.1 Å². The van der Waals surface area contributed by atoms with Crippen LogP contribution < -0.4 is 51.4 Å². The Morgan fingerprint density at radius 3 is 0.818 bits per heavy atom. The molecule has 0 rings (SSSR count). The van der Waals surface area contributed by atoms with Crippen molar-refractivity contribution in [1.29, 1.82) is 0 Å². The quantitative estimate of drug-likeness (QED) is 0.245. The normalized spacial score (nSPS) is 4.36. The molecule has 0 radical (unpaired) electrons. The van der Waals surface area contributed by atoms with Crippen molar-refractivity contribution in [2.75, 3.05) is 0 Å². The summed E-state index contributed by atoms with van der Waals surface area (Å²) in [6.45, 7) is 0. The molecule has 0 aliphatic carbocycles. The first kappa shape index (κ1) is 29.4. The SMILES string of the molecule is O=[N+]([O-])[O-].O=[N+]([O-])[O-].[K+].[OH-].[Sr+2]. The van der Waals surface area contributed by atoms with E-state index >= 15 is 0 Å². The van der Waals surface area contributed by atoms with Gasteiger partial charge < -0.3 is 36.1 Å². The van der Waals surface area contributed by atoms with Crippen molar-refractivity contribution >= 4 is 45.5 Å². The van der Waals surface area contributed by atoms with Crippen LogP contribution in [0.4, 0.5) is 0 Å². The van der Waals surface area contributed by atoms with Crippen LogP contribution >= 0.6 is 0 Å². The molecule has 0 heterocycles. The average molecular weight is 268 g/mol. The largest absolute Gasteiger partial charge is 2.00 e. The Morgan fingerprint density at radius 2 is 0.818 bits per heavy atom. The second-order valence-corrected chi connectivity index (χ2v) is 0.447. The molecule has 1 N–H and O–H groups in total. The van der Waals surface area contributed by atoms with Gasteiger partial charge in [-0.3, -0.25) is 0 Å². The van der Waals surface area contributed by atoms with Crippen molar-refractivity contribution in [3.05, 3.63) is 30.6 Å². The maximum Gasteiger partial charge on any atom is 2.00 e. The summed E-state index contributed by atoms with van der Waals surface area (Å²) >= 11 is 0. The van der Waals surface area contributed by atoms with E-state index in [4.69, 9.17) is 30.6 Å². The molecule has 0 fully saturated rings. The summed E-state index contributed by atoms with van der Waals surface area (Å²) in [6, 6.07) is 0. The van der Waals surface area contributed by atoms with Crippen LogP contribution in [-0.2, 0) is 0 Å². The van der Waals surface area contributed by atoms with Crippen LogP contribution in [0.5, 0.6) is 0 Å². The van der Waals surface area contributed by atoms with Crippen molar-refractivity contribution in [3.8, 4) is 0 Å². The van der Waals surface area contributed by atoms with Crippen LogP contribution in [0.15, 0.2) is 0 Å². The summed E-state index contributed by atoms with van der Waals surface area (Å²) in [5.74, 6) is 0. The zero-order chi connectivity index (χ0) is 7.15. The predicted octanol–water partition coefficient (Wildman–Crippen LogP) is -4.03. The predicted molar refractivity (Wildman–Crippen MR) is 28.4 cm³/mol. The zero-order valence-corrected chi connectivity index (χ0v) is 12.1. The van der Waals surface area contributed by atoms with Crippen LogP contribution in [0.3, 0.4) is 0 Å². The van der Waals surface area contributed by atoms with E-state index in [1.54, 1.807) is 0 Å². The molecular weight excluding hydrogens is 267 g/mol. The summed E-state index contributed by atoms with van der Waals surface area (Å²) in [5, 5.41) is 29.5. The van der Waals surface area contributed by atoms with Crippen molar-refractivity contribution < 1.29 is 67.0 Å². The Morgan fingerprint density at radius 1 is 0.818 bits per heavy atom. The Balaban J connectivity index is -0.0000000171. The molecule has 11 heavy (non-hydrogen) atoms. The zero-order valence-electron chi connectivity index (χ0n) is 5.50. The molecule has 0 aliphatic rings. The molecule has 0 aromatic heterocycles. The standard InChI is InChI=1S/K.2NO3.H2O.Sr/c;2*2-1(3)4;;/h;;;1H2;/q+1;2*-1;;+2/p-1. The fraction of sp³-hybridized carbons (Fsp3) is 0. The van der Waals surface area contributed by atoms with Gasteiger partial charge in [-0.1, -0.05) is 0 Å². The number of rotatable bonds is 0. The minimum absolute atomic E-state index is 0. The van der Waals surface area contributed by atoms with Crippen LogP contribution in [0.2, 0.25) is 0 Å². The van der Waals surface area contributed by atoms with Gasteiger partial charge in [-0.25, -0.2) is 0 Å². The van der Waals surface area contributed by atoms with Gasteiger partial charge in [0.2, 0.25) is 0 Å². The summed E-state index contributed by atoms with van der Waals surface area (Å²) in [6.07, 6.45) is 0. The number of hydrogen-bond donors (Lipinski definition) is 0. The fourth-order valence-corrected chi connectivity index (χ4v) is 0. The second-order valence-electron chi connectivity index (χ2n) is 0.447. The van der Waals surface area contributed by atoms with Gasteiger partial charge in [0.25, 0.3) is 0 Å². The van der Waals surface area contributed by atoms with Gasteiger partial charge in [0.05, 0.1) is 10.2 Å². The van der Waals surface area contributed by atoms with E-state index in [9.17, 15) is 0 Å². The van der Waals surface area contributed by atoms with Gasteiger partial charge >= 0.3 is 96.9 Å². The summed E-state index contributed by atoms with van der Waals surface area (Å²) in [7, 11) is 0. The van der Waals surface area contributed by atoms with Crippen LogP contribution in [0.1, 0.15) is 0 Å². The molecule has 0 saturated heterocycles. The van der Waals surface area contributed by atoms with Gasteiger partial charge in [-0.2, -0.15) is 0 Å². The van der Waals surface area contributed by atoms with E-state index in [0.29, 0.717) is 0 Å². The van der Waals surface area contributed by atoms with E-state index in [0.717, 1.165) is 0 Å². The van der Waals surface area contributed by atoms with Gasteiger partial charge in [-0.05, 0) is 0 Å². The first-order chi connectivity index (χ1) is 3.46. The first-order valence-electron chi connectivity index (χ1n) is 1.10. The van der Waals surface area contributed by atoms with Gasteiger partial charge in [-0.15, -0.1) is 0 Å². The number of hydrogen-bond acceptors (Lipinski definition) is 7. The molecule has 0 amide bonds. The summed E-state index contributed by atoms with van der Waals surface area (Å²) in [4.78, 5) is 16.5. The van der Waals surface area contributed by atoms with E-state index < -0.39 is 10.2 Å². The van der Waals surface area contributed by atoms with Crippen LogP contribution in [0, 0.1) is 30.6 Å². The van der Waals surface area contributed by atoms with Crippen molar-refractivity contribution in [2.24, 2.45) is 0 Å². The monoisotopic (exact) mass is 268 g/mol. The van der Waals surface area contributed by atoms with Crippen molar-refractivity contribution in [3.63, 3.8) is 0 Å². The third-order valence-electron chi connectivity index (χ3n) is 0. The smallest absolute Gasteiger partial charge is 0.870 e. The Hall–Kier alpha value is 1.48. The van der Waals surface area contributed by atoms with E-state index in [1.165, 1.54) is 0 Å². The average Bonchev–Trinajstić information content (AvgIpc) is 1.25. The second kappa shape index (κ2) is 22.5. The molecule has 0 unspecified atom stereocenters.